The predicted molar refractivity (Wildman–Crippen MR) is 93.0 cm³/mol. The molecule has 23 heavy (non-hydrogen) atoms. The number of halogens is 1. The van der Waals surface area contributed by atoms with Gasteiger partial charge in [0.05, 0.1) is 14.2 Å². The molecule has 0 fully saturated rings. The van der Waals surface area contributed by atoms with Gasteiger partial charge in [-0.15, -0.1) is 11.3 Å². The third kappa shape index (κ3) is 3.08. The molecule has 0 spiro atoms. The summed E-state index contributed by atoms with van der Waals surface area (Å²) < 4.78 is 24.5. The van der Waals surface area contributed by atoms with Crippen molar-refractivity contribution in [2.45, 2.75) is 6.92 Å². The van der Waals surface area contributed by atoms with Gasteiger partial charge in [0, 0.05) is 21.4 Å². The number of aryl methyl sites for hydroxylation is 1. The monoisotopic (exact) mass is 328 g/mol. The molecule has 2 aromatic carbocycles. The second-order valence-electron chi connectivity index (χ2n) is 5.19. The second-order valence-corrected chi connectivity index (χ2v) is 6.27. The van der Waals surface area contributed by atoms with Crippen LogP contribution in [0.4, 0.5) is 4.39 Å². The van der Waals surface area contributed by atoms with Crippen molar-refractivity contribution in [1.29, 1.82) is 0 Å². The van der Waals surface area contributed by atoms with Gasteiger partial charge in [0.2, 0.25) is 0 Å². The highest BCUT2D eigenvalue weighted by atomic mass is 32.1. The largest absolute Gasteiger partial charge is 0.497 e. The maximum Gasteiger partial charge on any atom is 0.135 e. The molecule has 0 saturated carbocycles. The minimum atomic E-state index is -0.274. The molecule has 0 bridgehead atoms. The van der Waals surface area contributed by atoms with E-state index in [9.17, 15) is 4.39 Å². The van der Waals surface area contributed by atoms with Crippen molar-refractivity contribution in [1.82, 2.24) is 0 Å². The molecule has 0 aliphatic heterocycles. The Bertz CT molecular complexity index is 771. The van der Waals surface area contributed by atoms with Crippen molar-refractivity contribution >= 4 is 11.3 Å². The summed E-state index contributed by atoms with van der Waals surface area (Å²) in [5, 5.41) is 0. The van der Waals surface area contributed by atoms with Crippen molar-refractivity contribution in [2.24, 2.45) is 0 Å². The number of hydrogen-bond acceptors (Lipinski definition) is 3. The average Bonchev–Trinajstić information content (AvgIpc) is 3.03. The van der Waals surface area contributed by atoms with Crippen LogP contribution >= 0.6 is 11.3 Å². The van der Waals surface area contributed by atoms with Crippen LogP contribution in [-0.2, 0) is 0 Å². The summed E-state index contributed by atoms with van der Waals surface area (Å²) in [6, 6.07) is 14.9. The highest BCUT2D eigenvalue weighted by Crippen LogP contribution is 2.38. The van der Waals surface area contributed by atoms with Gasteiger partial charge in [0.15, 0.2) is 0 Å². The quantitative estimate of drug-likeness (QED) is 0.625. The molecular weight excluding hydrogens is 311 g/mol. The molecule has 0 aliphatic rings. The van der Waals surface area contributed by atoms with Crippen molar-refractivity contribution in [3.63, 3.8) is 0 Å². The SMILES string of the molecule is COc1ccc(-c2ccc(-c3ccc(OC)cc3F)s2)c(C)c1. The lowest BCUT2D eigenvalue weighted by Crippen LogP contribution is -1.86. The first-order valence-corrected chi connectivity index (χ1v) is 8.03. The third-order valence-electron chi connectivity index (χ3n) is 3.75. The van der Waals surface area contributed by atoms with Crippen LogP contribution in [0.2, 0.25) is 0 Å². The van der Waals surface area contributed by atoms with Crippen LogP contribution < -0.4 is 9.47 Å². The van der Waals surface area contributed by atoms with E-state index in [-0.39, 0.29) is 5.82 Å². The van der Waals surface area contributed by atoms with Crippen molar-refractivity contribution < 1.29 is 13.9 Å². The van der Waals surface area contributed by atoms with E-state index < -0.39 is 0 Å². The summed E-state index contributed by atoms with van der Waals surface area (Å²) in [5.41, 5.74) is 2.86. The molecule has 0 unspecified atom stereocenters. The number of benzene rings is 2. The average molecular weight is 328 g/mol. The van der Waals surface area contributed by atoms with Crippen LogP contribution in [0.1, 0.15) is 5.56 Å². The Labute approximate surface area is 139 Å². The van der Waals surface area contributed by atoms with E-state index in [1.165, 1.54) is 13.2 Å². The topological polar surface area (TPSA) is 18.5 Å². The van der Waals surface area contributed by atoms with E-state index in [0.29, 0.717) is 11.3 Å². The fraction of sp³-hybridized carbons (Fsp3) is 0.158. The molecule has 118 valence electrons. The number of thiophene rings is 1. The van der Waals surface area contributed by atoms with Gasteiger partial charge in [-0.2, -0.15) is 0 Å². The van der Waals surface area contributed by atoms with Crippen molar-refractivity contribution in [3.8, 4) is 32.4 Å². The molecule has 3 aromatic rings. The maximum absolute atomic E-state index is 14.2. The van der Waals surface area contributed by atoms with Crippen molar-refractivity contribution in [2.75, 3.05) is 14.2 Å². The number of methoxy groups -OCH3 is 2. The zero-order valence-electron chi connectivity index (χ0n) is 13.2. The van der Waals surface area contributed by atoms with E-state index in [2.05, 4.69) is 0 Å². The lowest BCUT2D eigenvalue weighted by Gasteiger charge is -2.06. The Morgan fingerprint density at radius 1 is 0.783 bits per heavy atom. The first-order chi connectivity index (χ1) is 11.1. The highest BCUT2D eigenvalue weighted by Gasteiger charge is 2.11. The van der Waals surface area contributed by atoms with Gasteiger partial charge in [0.25, 0.3) is 0 Å². The van der Waals surface area contributed by atoms with E-state index in [4.69, 9.17) is 9.47 Å². The van der Waals surface area contributed by atoms with Gasteiger partial charge in [-0.3, -0.25) is 0 Å². The van der Waals surface area contributed by atoms with E-state index in [0.717, 1.165) is 26.6 Å². The normalized spacial score (nSPS) is 10.6. The Kier molecular flexibility index (Phi) is 4.35. The molecule has 0 atom stereocenters. The lowest BCUT2D eigenvalue weighted by molar-refractivity contribution is 0.411. The molecule has 2 nitrogen and oxygen atoms in total. The smallest absolute Gasteiger partial charge is 0.135 e. The van der Waals surface area contributed by atoms with Gasteiger partial charge in [0.1, 0.15) is 17.3 Å². The van der Waals surface area contributed by atoms with E-state index in [1.54, 1.807) is 30.6 Å². The Hall–Kier alpha value is -2.33. The molecule has 0 radical (unpaired) electrons. The molecular formula is C19H17FO2S. The standard InChI is InChI=1S/C19H17FO2S/c1-12-10-13(21-2)4-6-15(12)18-8-9-19(23-18)16-7-5-14(22-3)11-17(16)20/h4-11H,1-3H3. The first-order valence-electron chi connectivity index (χ1n) is 7.21. The van der Waals surface area contributed by atoms with Gasteiger partial charge < -0.3 is 9.47 Å². The van der Waals surface area contributed by atoms with Gasteiger partial charge in [-0.25, -0.2) is 4.39 Å². The molecule has 4 heteroatoms. The van der Waals surface area contributed by atoms with Gasteiger partial charge in [-0.05, 0) is 60.5 Å². The Morgan fingerprint density at radius 2 is 1.35 bits per heavy atom. The molecule has 1 aromatic heterocycles. The zero-order chi connectivity index (χ0) is 16.4. The van der Waals surface area contributed by atoms with Crippen LogP contribution in [0.25, 0.3) is 20.9 Å². The predicted octanol–water partition coefficient (Wildman–Crippen LogP) is 5.55. The molecule has 3 rings (SSSR count). The maximum atomic E-state index is 14.2. The fourth-order valence-corrected chi connectivity index (χ4v) is 3.61. The van der Waals surface area contributed by atoms with Crippen LogP contribution in [0.15, 0.2) is 48.5 Å². The van der Waals surface area contributed by atoms with Gasteiger partial charge in [-0.1, -0.05) is 0 Å². The molecule has 0 N–H and O–H groups in total. The van der Waals surface area contributed by atoms with Crippen LogP contribution in [0.3, 0.4) is 0 Å². The summed E-state index contributed by atoms with van der Waals surface area (Å²) in [5.74, 6) is 1.09. The summed E-state index contributed by atoms with van der Waals surface area (Å²) in [6.45, 7) is 2.05. The Balaban J connectivity index is 1.97. The number of rotatable bonds is 4. The summed E-state index contributed by atoms with van der Waals surface area (Å²) >= 11 is 1.57. The second kappa shape index (κ2) is 6.42. The number of ether oxygens (including phenoxy) is 2. The van der Waals surface area contributed by atoms with E-state index >= 15 is 0 Å². The fourth-order valence-electron chi connectivity index (χ4n) is 2.49. The number of hydrogen-bond donors (Lipinski definition) is 0. The molecule has 1 heterocycles. The minimum Gasteiger partial charge on any atom is -0.497 e. The molecule has 0 aliphatic carbocycles. The highest BCUT2D eigenvalue weighted by molar-refractivity contribution is 7.18. The zero-order valence-corrected chi connectivity index (χ0v) is 14.0. The lowest BCUT2D eigenvalue weighted by atomic mass is 10.1. The van der Waals surface area contributed by atoms with Crippen LogP contribution in [0.5, 0.6) is 11.5 Å². The van der Waals surface area contributed by atoms with Crippen LogP contribution in [0, 0.1) is 12.7 Å². The molecule has 0 amide bonds. The van der Waals surface area contributed by atoms with E-state index in [1.807, 2.05) is 37.3 Å². The summed E-state index contributed by atoms with van der Waals surface area (Å²) in [6.07, 6.45) is 0. The third-order valence-corrected chi connectivity index (χ3v) is 4.90. The Morgan fingerprint density at radius 3 is 1.91 bits per heavy atom. The minimum absolute atomic E-state index is 0.274. The first kappa shape index (κ1) is 15.6. The van der Waals surface area contributed by atoms with Crippen LogP contribution in [-0.4, -0.2) is 14.2 Å². The molecule has 0 saturated heterocycles. The van der Waals surface area contributed by atoms with Crippen molar-refractivity contribution in [3.05, 3.63) is 59.9 Å². The summed E-state index contributed by atoms with van der Waals surface area (Å²) in [7, 11) is 3.19. The summed E-state index contributed by atoms with van der Waals surface area (Å²) in [4.78, 5) is 2.01. The van der Waals surface area contributed by atoms with Gasteiger partial charge >= 0.3 is 0 Å².